The van der Waals surface area contributed by atoms with Crippen LogP contribution in [0.2, 0.25) is 0 Å². The van der Waals surface area contributed by atoms with Gasteiger partial charge in [0.15, 0.2) is 0 Å². The van der Waals surface area contributed by atoms with Crippen LogP contribution in [0, 0.1) is 0 Å². The van der Waals surface area contributed by atoms with Crippen molar-refractivity contribution in [3.05, 3.63) is 0 Å². The molecule has 0 unspecified atom stereocenters. The molecule has 0 spiro atoms. The molecule has 1 heterocycles. The van der Waals surface area contributed by atoms with Crippen LogP contribution in [-0.4, -0.2) is 37.0 Å². The minimum Gasteiger partial charge on any atom is -0.444 e. The lowest BCUT2D eigenvalue weighted by atomic mass is 9.96. The molecule has 0 saturated carbocycles. The van der Waals surface area contributed by atoms with E-state index in [-0.39, 0.29) is 6.54 Å². The monoisotopic (exact) mass is 232 g/mol. The van der Waals surface area contributed by atoms with E-state index in [0.29, 0.717) is 13.0 Å². The lowest BCUT2D eigenvalue weighted by molar-refractivity contribution is 0.0453. The summed E-state index contributed by atoms with van der Waals surface area (Å²) in [5.41, 5.74) is -1.88. The van der Waals surface area contributed by atoms with Crippen molar-refractivity contribution in [2.75, 3.05) is 19.6 Å². The van der Waals surface area contributed by atoms with Crippen LogP contribution in [-0.2, 0) is 4.74 Å². The van der Waals surface area contributed by atoms with Crippen LogP contribution >= 0.6 is 0 Å². The predicted molar refractivity (Wildman–Crippen MR) is 60.2 cm³/mol. The molecule has 4 nitrogen and oxygen atoms in total. The molecule has 1 fully saturated rings. The first kappa shape index (κ1) is 13.2. The molecule has 1 aliphatic rings. The third-order valence-corrected chi connectivity index (χ3v) is 2.37. The third-order valence-electron chi connectivity index (χ3n) is 2.37. The summed E-state index contributed by atoms with van der Waals surface area (Å²) in [7, 11) is 0. The Morgan fingerprint density at radius 2 is 2.25 bits per heavy atom. The highest BCUT2D eigenvalue weighted by molar-refractivity contribution is 5.67. The molecule has 0 aromatic rings. The van der Waals surface area contributed by atoms with Crippen molar-refractivity contribution in [3.63, 3.8) is 0 Å². The molecule has 0 aromatic heterocycles. The number of ether oxygens (including phenoxy) is 1. The van der Waals surface area contributed by atoms with E-state index >= 15 is 0 Å². The first-order valence-electron chi connectivity index (χ1n) is 5.67. The summed E-state index contributed by atoms with van der Waals surface area (Å²) < 4.78 is 19.1. The molecule has 94 valence electrons. The number of carbonyl (C=O) groups is 1. The first-order valence-corrected chi connectivity index (χ1v) is 5.67. The molecule has 1 atom stereocenters. The zero-order valence-electron chi connectivity index (χ0n) is 10.2. The Labute approximate surface area is 95.9 Å². The molecule has 1 amide bonds. The fourth-order valence-corrected chi connectivity index (χ4v) is 1.63. The maximum atomic E-state index is 14.0. The van der Waals surface area contributed by atoms with E-state index in [1.807, 2.05) is 0 Å². The number of rotatable bonds is 2. The normalized spacial score (nSPS) is 26.2. The highest BCUT2D eigenvalue weighted by atomic mass is 19.1. The molecule has 0 aliphatic carbocycles. The molecular weight excluding hydrogens is 211 g/mol. The van der Waals surface area contributed by atoms with Gasteiger partial charge in [-0.2, -0.15) is 0 Å². The van der Waals surface area contributed by atoms with Crippen molar-refractivity contribution in [2.45, 2.75) is 44.9 Å². The minimum absolute atomic E-state index is 0.00884. The highest BCUT2D eigenvalue weighted by Crippen LogP contribution is 2.19. The molecular formula is C11H21FN2O2. The lowest BCUT2D eigenvalue weighted by Gasteiger charge is -2.30. The van der Waals surface area contributed by atoms with Gasteiger partial charge in [-0.05, 0) is 40.2 Å². The van der Waals surface area contributed by atoms with Gasteiger partial charge in [0.2, 0.25) is 0 Å². The molecule has 0 aromatic carbocycles. The van der Waals surface area contributed by atoms with E-state index < -0.39 is 17.4 Å². The number of nitrogens with one attached hydrogen (secondary N) is 2. The number of piperidine rings is 1. The zero-order chi connectivity index (χ0) is 12.2. The van der Waals surface area contributed by atoms with E-state index in [2.05, 4.69) is 10.6 Å². The maximum absolute atomic E-state index is 14.0. The van der Waals surface area contributed by atoms with Crippen LogP contribution in [0.1, 0.15) is 33.6 Å². The fourth-order valence-electron chi connectivity index (χ4n) is 1.63. The van der Waals surface area contributed by atoms with Gasteiger partial charge in [-0.1, -0.05) is 0 Å². The average molecular weight is 232 g/mol. The second-order valence-electron chi connectivity index (χ2n) is 5.29. The summed E-state index contributed by atoms with van der Waals surface area (Å²) in [4.78, 5) is 11.3. The van der Waals surface area contributed by atoms with Crippen molar-refractivity contribution in [1.29, 1.82) is 0 Å². The van der Waals surface area contributed by atoms with Gasteiger partial charge in [0.25, 0.3) is 0 Å². The molecule has 1 saturated heterocycles. The minimum atomic E-state index is -1.34. The highest BCUT2D eigenvalue weighted by Gasteiger charge is 2.32. The van der Waals surface area contributed by atoms with Gasteiger partial charge in [-0.3, -0.25) is 0 Å². The summed E-state index contributed by atoms with van der Waals surface area (Å²) in [6, 6.07) is 0. The van der Waals surface area contributed by atoms with Gasteiger partial charge in [0, 0.05) is 6.54 Å². The molecule has 1 aliphatic heterocycles. The Hall–Kier alpha value is -0.840. The summed E-state index contributed by atoms with van der Waals surface area (Å²) >= 11 is 0. The second-order valence-corrected chi connectivity index (χ2v) is 5.29. The Kier molecular flexibility index (Phi) is 4.13. The Bertz CT molecular complexity index is 245. The number of hydrogen-bond donors (Lipinski definition) is 2. The largest absolute Gasteiger partial charge is 0.444 e. The standard InChI is InChI=1S/C11H21FN2O2/c1-10(2,3)16-9(15)14-8-11(12)5-4-6-13-7-11/h13H,4-8H2,1-3H3,(H,14,15)/t11-/m0/s1. The number of amides is 1. The lowest BCUT2D eigenvalue weighted by Crippen LogP contribution is -2.50. The topological polar surface area (TPSA) is 50.4 Å². The van der Waals surface area contributed by atoms with Crippen molar-refractivity contribution in [3.8, 4) is 0 Å². The van der Waals surface area contributed by atoms with Crippen LogP contribution in [0.5, 0.6) is 0 Å². The zero-order valence-corrected chi connectivity index (χ0v) is 10.2. The van der Waals surface area contributed by atoms with E-state index in [4.69, 9.17) is 4.74 Å². The summed E-state index contributed by atoms with van der Waals surface area (Å²) in [5, 5.41) is 5.45. The molecule has 1 rings (SSSR count). The fraction of sp³-hybridized carbons (Fsp3) is 0.909. The van der Waals surface area contributed by atoms with E-state index in [9.17, 15) is 9.18 Å². The van der Waals surface area contributed by atoms with E-state index in [1.54, 1.807) is 20.8 Å². The molecule has 0 bridgehead atoms. The molecule has 5 heteroatoms. The average Bonchev–Trinajstić information content (AvgIpc) is 2.14. The van der Waals surface area contributed by atoms with Crippen molar-refractivity contribution in [2.24, 2.45) is 0 Å². The van der Waals surface area contributed by atoms with Crippen molar-refractivity contribution in [1.82, 2.24) is 10.6 Å². The summed E-state index contributed by atoms with van der Waals surface area (Å²) in [6.07, 6.45) is 0.720. The first-order chi connectivity index (χ1) is 7.31. The number of alkyl carbamates (subject to hydrolysis) is 1. The number of hydrogen-bond acceptors (Lipinski definition) is 3. The predicted octanol–water partition coefficient (Wildman–Crippen LogP) is 1.60. The van der Waals surface area contributed by atoms with Gasteiger partial charge in [0.05, 0.1) is 6.54 Å². The Morgan fingerprint density at radius 1 is 1.56 bits per heavy atom. The van der Waals surface area contributed by atoms with Crippen LogP contribution in [0.4, 0.5) is 9.18 Å². The van der Waals surface area contributed by atoms with Crippen molar-refractivity contribution >= 4 is 6.09 Å². The van der Waals surface area contributed by atoms with Crippen molar-refractivity contribution < 1.29 is 13.9 Å². The maximum Gasteiger partial charge on any atom is 0.407 e. The van der Waals surface area contributed by atoms with Gasteiger partial charge in [-0.25, -0.2) is 9.18 Å². The molecule has 16 heavy (non-hydrogen) atoms. The van der Waals surface area contributed by atoms with Gasteiger partial charge >= 0.3 is 6.09 Å². The Morgan fingerprint density at radius 3 is 2.75 bits per heavy atom. The van der Waals surface area contributed by atoms with Gasteiger partial charge in [-0.15, -0.1) is 0 Å². The van der Waals surface area contributed by atoms with Crippen LogP contribution < -0.4 is 10.6 Å². The molecule has 2 N–H and O–H groups in total. The summed E-state index contributed by atoms with van der Waals surface area (Å²) in [5.74, 6) is 0. The summed E-state index contributed by atoms with van der Waals surface area (Å²) in [6.45, 7) is 6.48. The molecule has 0 radical (unpaired) electrons. The van der Waals surface area contributed by atoms with Gasteiger partial charge < -0.3 is 15.4 Å². The van der Waals surface area contributed by atoms with E-state index in [1.165, 1.54) is 0 Å². The number of halogens is 1. The Balaban J connectivity index is 2.30. The third kappa shape index (κ3) is 4.79. The van der Waals surface area contributed by atoms with Crippen LogP contribution in [0.3, 0.4) is 0 Å². The number of alkyl halides is 1. The van der Waals surface area contributed by atoms with E-state index in [0.717, 1.165) is 13.0 Å². The SMILES string of the molecule is CC(C)(C)OC(=O)NC[C@]1(F)CCCNC1. The quantitative estimate of drug-likeness (QED) is 0.760. The number of carbonyl (C=O) groups excluding carboxylic acids is 1. The smallest absolute Gasteiger partial charge is 0.407 e. The van der Waals surface area contributed by atoms with Crippen LogP contribution in [0.15, 0.2) is 0 Å². The van der Waals surface area contributed by atoms with Gasteiger partial charge in [0.1, 0.15) is 11.3 Å². The van der Waals surface area contributed by atoms with Crippen LogP contribution in [0.25, 0.3) is 0 Å². The second kappa shape index (κ2) is 4.99.